The van der Waals surface area contributed by atoms with E-state index >= 15 is 0 Å². The summed E-state index contributed by atoms with van der Waals surface area (Å²) in [7, 11) is 3.30. The average Bonchev–Trinajstić information content (AvgIpc) is 2.79. The second-order valence-corrected chi connectivity index (χ2v) is 8.60. The van der Waals surface area contributed by atoms with Gasteiger partial charge in [0.05, 0.1) is 25.5 Å². The Morgan fingerprint density at radius 1 is 1.19 bits per heavy atom. The molecule has 2 aliphatic heterocycles. The first-order valence-electron chi connectivity index (χ1n) is 10.4. The molecule has 0 saturated carbocycles. The lowest BCUT2D eigenvalue weighted by Gasteiger charge is -2.39. The number of allylic oxidation sites excluding steroid dienone is 1. The lowest BCUT2D eigenvalue weighted by molar-refractivity contribution is 0.192. The number of rotatable bonds is 4. The van der Waals surface area contributed by atoms with Crippen molar-refractivity contribution in [2.24, 2.45) is 15.9 Å². The zero-order valence-corrected chi connectivity index (χ0v) is 18.8. The predicted octanol–water partition coefficient (Wildman–Crippen LogP) is 4.66. The van der Waals surface area contributed by atoms with Gasteiger partial charge in [0, 0.05) is 41.7 Å². The first kappa shape index (κ1) is 21.4. The van der Waals surface area contributed by atoms with E-state index in [0.29, 0.717) is 24.5 Å². The summed E-state index contributed by atoms with van der Waals surface area (Å²) in [5.74, 6) is 1.78. The van der Waals surface area contributed by atoms with Gasteiger partial charge in [-0.3, -0.25) is 4.99 Å². The molecule has 0 spiro atoms. The highest BCUT2D eigenvalue weighted by atomic mass is 35.5. The zero-order valence-electron chi connectivity index (χ0n) is 18.0. The van der Waals surface area contributed by atoms with E-state index < -0.39 is 5.54 Å². The molecule has 2 amide bonds. The number of anilines is 1. The normalized spacial score (nSPS) is 23.7. The van der Waals surface area contributed by atoms with Crippen LogP contribution in [0.1, 0.15) is 26.2 Å². The molecule has 0 aromatic heterocycles. The smallest absolute Gasteiger partial charge is 0.321 e. The molecular formula is C23H27ClN4O3. The number of likely N-dealkylation sites (tertiary alicyclic amines) is 1. The van der Waals surface area contributed by atoms with Crippen LogP contribution >= 0.6 is 11.6 Å². The number of hydrogen-bond donors (Lipinski definition) is 1. The number of amides is 2. The van der Waals surface area contributed by atoms with Gasteiger partial charge in [-0.2, -0.15) is 0 Å². The molecule has 164 valence electrons. The number of aliphatic imine (C=N–C) groups is 2. The topological polar surface area (TPSA) is 75.5 Å². The van der Waals surface area contributed by atoms with Gasteiger partial charge in [-0.1, -0.05) is 11.6 Å². The fourth-order valence-electron chi connectivity index (χ4n) is 4.38. The van der Waals surface area contributed by atoms with Gasteiger partial charge in [0.1, 0.15) is 12.1 Å². The van der Waals surface area contributed by atoms with E-state index in [2.05, 4.69) is 22.2 Å². The van der Waals surface area contributed by atoms with Gasteiger partial charge in [-0.05, 0) is 50.1 Å². The van der Waals surface area contributed by atoms with Gasteiger partial charge >= 0.3 is 6.03 Å². The van der Waals surface area contributed by atoms with E-state index in [4.69, 9.17) is 21.1 Å². The number of piperidine rings is 1. The first-order chi connectivity index (χ1) is 14.9. The molecule has 1 N–H and O–H groups in total. The lowest BCUT2D eigenvalue weighted by atomic mass is 9.75. The van der Waals surface area contributed by atoms with Gasteiger partial charge in [-0.15, -0.1) is 0 Å². The third-order valence-corrected chi connectivity index (χ3v) is 6.43. The number of urea groups is 1. The number of fused-ring (bicyclic) bond motifs is 1. The number of nitrogens with one attached hydrogen (secondary N) is 1. The summed E-state index contributed by atoms with van der Waals surface area (Å²) in [4.78, 5) is 23.8. The van der Waals surface area contributed by atoms with Crippen molar-refractivity contribution in [2.45, 2.75) is 31.7 Å². The Morgan fingerprint density at radius 2 is 1.90 bits per heavy atom. The Hall–Kier alpha value is -2.80. The van der Waals surface area contributed by atoms with Crippen LogP contribution in [0.3, 0.4) is 0 Å². The molecule has 1 fully saturated rings. The van der Waals surface area contributed by atoms with E-state index in [1.165, 1.54) is 0 Å². The zero-order chi connectivity index (χ0) is 22.0. The molecular weight excluding hydrogens is 416 g/mol. The fourth-order valence-corrected chi connectivity index (χ4v) is 4.50. The van der Waals surface area contributed by atoms with E-state index in [1.54, 1.807) is 44.8 Å². The highest BCUT2D eigenvalue weighted by molar-refractivity contribution is 6.30. The second-order valence-electron chi connectivity index (χ2n) is 8.16. The molecule has 1 unspecified atom stereocenters. The molecule has 4 rings (SSSR count). The highest BCUT2D eigenvalue weighted by Crippen LogP contribution is 2.41. The summed E-state index contributed by atoms with van der Waals surface area (Å²) in [6.07, 6.45) is 6.00. The predicted molar refractivity (Wildman–Crippen MR) is 123 cm³/mol. The van der Waals surface area contributed by atoms with Crippen LogP contribution in [0.15, 0.2) is 57.4 Å². The molecule has 7 nitrogen and oxygen atoms in total. The van der Waals surface area contributed by atoms with Gasteiger partial charge < -0.3 is 19.7 Å². The number of hydrogen-bond acceptors (Lipinski definition) is 5. The molecule has 1 atom stereocenters. The minimum Gasteiger partial charge on any atom is -0.497 e. The third kappa shape index (κ3) is 4.32. The van der Waals surface area contributed by atoms with Crippen molar-refractivity contribution in [3.63, 3.8) is 0 Å². The molecule has 3 aliphatic rings. The summed E-state index contributed by atoms with van der Waals surface area (Å²) >= 11 is 5.91. The van der Waals surface area contributed by atoms with E-state index in [0.717, 1.165) is 41.3 Å². The molecule has 0 radical (unpaired) electrons. The van der Waals surface area contributed by atoms with Crippen molar-refractivity contribution in [1.82, 2.24) is 4.90 Å². The minimum absolute atomic E-state index is 0.0935. The van der Waals surface area contributed by atoms with Gasteiger partial charge in [0.25, 0.3) is 0 Å². The number of nitrogens with zero attached hydrogens (tertiary/aromatic N) is 3. The van der Waals surface area contributed by atoms with Crippen molar-refractivity contribution in [1.29, 1.82) is 0 Å². The monoisotopic (exact) mass is 442 g/mol. The average molecular weight is 443 g/mol. The number of benzene rings is 1. The Labute approximate surface area is 187 Å². The standard InChI is InChI=1S/C23H27ClN4O3/c1-23-13-20(31-3)19(30-2)12-18(23)21(25-14-26-23)15-8-10-28(11-9-15)22(29)27-17-6-4-16(24)5-7-17/h4-7,12,14-15H,8-11,13H2,1-3H3,(H,27,29). The minimum atomic E-state index is -0.409. The fraction of sp³-hybridized carbons (Fsp3) is 0.435. The highest BCUT2D eigenvalue weighted by Gasteiger charge is 2.41. The Morgan fingerprint density at radius 3 is 2.55 bits per heavy atom. The number of carbonyl (C=O) groups excluding carboxylic acids is 1. The van der Waals surface area contributed by atoms with Crippen LogP contribution in [0.4, 0.5) is 10.5 Å². The van der Waals surface area contributed by atoms with Crippen molar-refractivity contribution in [2.75, 3.05) is 32.6 Å². The third-order valence-electron chi connectivity index (χ3n) is 6.18. The molecule has 1 aromatic rings. The van der Waals surface area contributed by atoms with E-state index in [1.807, 2.05) is 11.0 Å². The van der Waals surface area contributed by atoms with Crippen LogP contribution in [-0.4, -0.2) is 55.8 Å². The van der Waals surface area contributed by atoms with Crippen LogP contribution in [0, 0.1) is 5.92 Å². The molecule has 2 heterocycles. The Kier molecular flexibility index (Phi) is 6.05. The number of carbonyl (C=O) groups is 1. The number of methoxy groups -OCH3 is 2. The molecule has 1 saturated heterocycles. The molecule has 31 heavy (non-hydrogen) atoms. The van der Waals surface area contributed by atoms with Crippen LogP contribution in [-0.2, 0) is 9.47 Å². The first-order valence-corrected chi connectivity index (χ1v) is 10.8. The van der Waals surface area contributed by atoms with Crippen molar-refractivity contribution in [3.05, 3.63) is 52.5 Å². The molecule has 0 bridgehead atoms. The van der Waals surface area contributed by atoms with Crippen LogP contribution in [0.2, 0.25) is 5.02 Å². The summed E-state index contributed by atoms with van der Waals surface area (Å²) < 4.78 is 11.1. The quantitative estimate of drug-likeness (QED) is 0.736. The maximum atomic E-state index is 12.6. The van der Waals surface area contributed by atoms with Gasteiger partial charge in [0.15, 0.2) is 5.76 Å². The molecule has 1 aromatic carbocycles. The molecule has 8 heteroatoms. The maximum absolute atomic E-state index is 12.6. The maximum Gasteiger partial charge on any atom is 0.321 e. The SMILES string of the molecule is COC1=C(OC)CC2(C)N=CN=C(C3CCN(C(=O)Nc4ccc(Cl)cc4)CC3)C2=C1. The van der Waals surface area contributed by atoms with Crippen molar-refractivity contribution >= 4 is 35.4 Å². The van der Waals surface area contributed by atoms with Crippen LogP contribution in [0.25, 0.3) is 0 Å². The second kappa shape index (κ2) is 8.75. The van der Waals surface area contributed by atoms with Gasteiger partial charge in [-0.25, -0.2) is 9.79 Å². The summed E-state index contributed by atoms with van der Waals surface area (Å²) in [5.41, 5.74) is 2.45. The summed E-state index contributed by atoms with van der Waals surface area (Å²) in [6, 6.07) is 7.03. The lowest BCUT2D eigenvalue weighted by Crippen LogP contribution is -2.45. The molecule has 1 aliphatic carbocycles. The largest absolute Gasteiger partial charge is 0.497 e. The van der Waals surface area contributed by atoms with Crippen molar-refractivity contribution < 1.29 is 14.3 Å². The van der Waals surface area contributed by atoms with Gasteiger partial charge in [0.2, 0.25) is 0 Å². The van der Waals surface area contributed by atoms with Crippen LogP contribution in [0.5, 0.6) is 0 Å². The Balaban J connectivity index is 1.44. The summed E-state index contributed by atoms with van der Waals surface area (Å²) in [5, 5.41) is 3.58. The van der Waals surface area contributed by atoms with E-state index in [9.17, 15) is 4.79 Å². The van der Waals surface area contributed by atoms with Crippen molar-refractivity contribution in [3.8, 4) is 0 Å². The number of ether oxygens (including phenoxy) is 2. The number of halogens is 1. The summed E-state index contributed by atoms with van der Waals surface area (Å²) in [6.45, 7) is 3.44. The van der Waals surface area contributed by atoms with Crippen LogP contribution < -0.4 is 5.32 Å². The van der Waals surface area contributed by atoms with E-state index in [-0.39, 0.29) is 11.9 Å². The Bertz CT molecular complexity index is 975.